The molecule has 6 heteroatoms. The Labute approximate surface area is 139 Å². The molecule has 2 N–H and O–H groups in total. The number of carbonyl (C=O) groups is 1. The van der Waals surface area contributed by atoms with Gasteiger partial charge in [0.2, 0.25) is 5.91 Å². The van der Waals surface area contributed by atoms with Crippen LogP contribution in [0.15, 0.2) is 30.3 Å². The number of nitriles is 3. The van der Waals surface area contributed by atoms with Gasteiger partial charge in [0.1, 0.15) is 5.72 Å². The van der Waals surface area contributed by atoms with Crippen molar-refractivity contribution in [2.75, 3.05) is 0 Å². The summed E-state index contributed by atoms with van der Waals surface area (Å²) in [5.74, 6) is -3.05. The SMILES string of the molecule is C[C@@H]1[C@@H](c2ccccc2)C(C#N)(C#N)[C@@]2(C#N)C(=O)N[C@@]1(O)[C@H]2C. The summed E-state index contributed by atoms with van der Waals surface area (Å²) in [6, 6.07) is 14.7. The average Bonchev–Trinajstić information content (AvgIpc) is 2.77. The molecule has 1 heterocycles. The molecule has 1 aliphatic carbocycles. The molecule has 6 nitrogen and oxygen atoms in total. The highest BCUT2D eigenvalue weighted by Gasteiger charge is 2.79. The van der Waals surface area contributed by atoms with Gasteiger partial charge in [-0.3, -0.25) is 4.79 Å². The Morgan fingerprint density at radius 2 is 1.67 bits per heavy atom. The van der Waals surface area contributed by atoms with Crippen molar-refractivity contribution in [2.24, 2.45) is 22.7 Å². The molecule has 2 bridgehead atoms. The second-order valence-corrected chi connectivity index (χ2v) is 6.63. The Hall–Kier alpha value is -2.88. The highest BCUT2D eigenvalue weighted by atomic mass is 16.3. The lowest BCUT2D eigenvalue weighted by Crippen LogP contribution is -2.62. The van der Waals surface area contributed by atoms with Gasteiger partial charge >= 0.3 is 0 Å². The van der Waals surface area contributed by atoms with E-state index in [2.05, 4.69) is 5.32 Å². The highest BCUT2D eigenvalue weighted by molar-refractivity contribution is 5.92. The number of hydrogen-bond acceptors (Lipinski definition) is 5. The van der Waals surface area contributed by atoms with Crippen LogP contribution in [0.2, 0.25) is 0 Å². The van der Waals surface area contributed by atoms with Gasteiger partial charge < -0.3 is 10.4 Å². The molecule has 0 radical (unpaired) electrons. The van der Waals surface area contributed by atoms with Crippen molar-refractivity contribution < 1.29 is 9.90 Å². The first-order chi connectivity index (χ1) is 11.4. The topological polar surface area (TPSA) is 121 Å². The van der Waals surface area contributed by atoms with Crippen molar-refractivity contribution in [3.05, 3.63) is 35.9 Å². The maximum Gasteiger partial charge on any atom is 0.245 e. The molecule has 1 amide bonds. The minimum Gasteiger partial charge on any atom is -0.370 e. The predicted octanol–water partition coefficient (Wildman–Crippen LogP) is 1.42. The van der Waals surface area contributed by atoms with E-state index in [1.54, 1.807) is 44.2 Å². The first-order valence-electron chi connectivity index (χ1n) is 7.69. The van der Waals surface area contributed by atoms with Crippen LogP contribution in [0.5, 0.6) is 0 Å². The van der Waals surface area contributed by atoms with E-state index in [9.17, 15) is 25.7 Å². The summed E-state index contributed by atoms with van der Waals surface area (Å²) in [5, 5.41) is 43.3. The molecule has 1 aromatic rings. The number of nitrogens with one attached hydrogen (secondary N) is 1. The summed E-state index contributed by atoms with van der Waals surface area (Å²) in [4.78, 5) is 12.7. The Morgan fingerprint density at radius 3 is 2.17 bits per heavy atom. The minimum atomic E-state index is -1.93. The molecule has 1 aromatic carbocycles. The van der Waals surface area contributed by atoms with Crippen LogP contribution in [-0.4, -0.2) is 16.7 Å². The third-order valence-electron chi connectivity index (χ3n) is 5.95. The van der Waals surface area contributed by atoms with Crippen LogP contribution in [0, 0.1) is 56.7 Å². The summed E-state index contributed by atoms with van der Waals surface area (Å²) in [5.41, 5.74) is -4.83. The van der Waals surface area contributed by atoms with Gasteiger partial charge in [0.05, 0.1) is 18.2 Å². The smallest absolute Gasteiger partial charge is 0.245 e. The van der Waals surface area contributed by atoms with E-state index in [1.165, 1.54) is 0 Å². The maximum atomic E-state index is 12.7. The van der Waals surface area contributed by atoms with Gasteiger partial charge in [-0.05, 0) is 5.56 Å². The Kier molecular flexibility index (Phi) is 3.20. The van der Waals surface area contributed by atoms with Crippen molar-refractivity contribution in [2.45, 2.75) is 25.5 Å². The van der Waals surface area contributed by atoms with Gasteiger partial charge in [0, 0.05) is 17.8 Å². The number of carbonyl (C=O) groups excluding carboxylic acids is 1. The summed E-state index contributed by atoms with van der Waals surface area (Å²) in [7, 11) is 0. The lowest BCUT2D eigenvalue weighted by atomic mass is 9.45. The molecule has 120 valence electrons. The number of aliphatic hydroxyl groups is 1. The van der Waals surface area contributed by atoms with Crippen molar-refractivity contribution in [1.29, 1.82) is 15.8 Å². The van der Waals surface area contributed by atoms with Crippen molar-refractivity contribution in [3.8, 4) is 18.2 Å². The summed E-state index contributed by atoms with van der Waals surface area (Å²) in [6.45, 7) is 3.24. The minimum absolute atomic E-state index is 0.623. The van der Waals surface area contributed by atoms with Crippen LogP contribution in [0.25, 0.3) is 0 Å². The fraction of sp³-hybridized carbons (Fsp3) is 0.444. The first-order valence-corrected chi connectivity index (χ1v) is 7.69. The lowest BCUT2D eigenvalue weighted by Gasteiger charge is -2.51. The molecular weight excluding hydrogens is 304 g/mol. The van der Waals surface area contributed by atoms with E-state index in [0.717, 1.165) is 0 Å². The largest absolute Gasteiger partial charge is 0.370 e. The van der Waals surface area contributed by atoms with Gasteiger partial charge in [0.15, 0.2) is 10.8 Å². The van der Waals surface area contributed by atoms with E-state index in [4.69, 9.17) is 0 Å². The molecular formula is C18H16N4O2. The average molecular weight is 320 g/mol. The highest BCUT2D eigenvalue weighted by Crippen LogP contribution is 2.66. The van der Waals surface area contributed by atoms with Crippen LogP contribution in [0.3, 0.4) is 0 Å². The third kappa shape index (κ3) is 1.44. The van der Waals surface area contributed by atoms with Crippen LogP contribution >= 0.6 is 0 Å². The van der Waals surface area contributed by atoms with Crippen LogP contribution in [0.1, 0.15) is 25.3 Å². The van der Waals surface area contributed by atoms with Gasteiger partial charge in [-0.2, -0.15) is 15.8 Å². The first kappa shape index (κ1) is 16.0. The molecule has 5 atom stereocenters. The zero-order chi connectivity index (χ0) is 17.8. The molecule has 0 aromatic heterocycles. The fourth-order valence-corrected chi connectivity index (χ4v) is 4.59. The van der Waals surface area contributed by atoms with E-state index in [0.29, 0.717) is 5.56 Å². The van der Waals surface area contributed by atoms with E-state index >= 15 is 0 Å². The number of rotatable bonds is 1. The predicted molar refractivity (Wildman–Crippen MR) is 82.3 cm³/mol. The van der Waals surface area contributed by atoms with Gasteiger partial charge in [-0.25, -0.2) is 0 Å². The fourth-order valence-electron chi connectivity index (χ4n) is 4.59. The molecule has 24 heavy (non-hydrogen) atoms. The number of amides is 1. The number of nitrogens with zero attached hydrogens (tertiary/aromatic N) is 3. The summed E-state index contributed by atoms with van der Waals surface area (Å²) < 4.78 is 0. The standard InChI is InChI=1S/C18H16N4O2/c1-11-14(13-6-4-3-5-7-13)16(8-19,9-20)17(10-21)12(2)18(11,24)22-15(17)23/h3-7,11-12,14,24H,1-2H3,(H,22,23)/t11-,12+,14+,17-,18+/m1/s1. The Bertz CT molecular complexity index is 817. The Morgan fingerprint density at radius 1 is 1.08 bits per heavy atom. The van der Waals surface area contributed by atoms with Crippen molar-refractivity contribution in [3.63, 3.8) is 0 Å². The van der Waals surface area contributed by atoms with E-state index in [1.807, 2.05) is 18.2 Å². The molecule has 1 saturated heterocycles. The number of fused-ring (bicyclic) bond motifs is 2. The molecule has 2 fully saturated rings. The van der Waals surface area contributed by atoms with E-state index < -0.39 is 40.2 Å². The monoisotopic (exact) mass is 320 g/mol. The lowest BCUT2D eigenvalue weighted by molar-refractivity contribution is -0.135. The van der Waals surface area contributed by atoms with Gasteiger partial charge in [0.25, 0.3) is 0 Å². The van der Waals surface area contributed by atoms with E-state index in [-0.39, 0.29) is 0 Å². The van der Waals surface area contributed by atoms with Crippen LogP contribution < -0.4 is 5.32 Å². The van der Waals surface area contributed by atoms with Gasteiger partial charge in [-0.15, -0.1) is 0 Å². The summed E-state index contributed by atoms with van der Waals surface area (Å²) in [6.07, 6.45) is 0. The second kappa shape index (κ2) is 4.81. The quantitative estimate of drug-likeness (QED) is 0.810. The molecule has 1 saturated carbocycles. The molecule has 0 spiro atoms. The molecule has 2 aliphatic rings. The Balaban J connectivity index is 2.40. The third-order valence-corrected chi connectivity index (χ3v) is 5.95. The molecule has 3 rings (SSSR count). The maximum absolute atomic E-state index is 12.7. The zero-order valence-electron chi connectivity index (χ0n) is 13.3. The second-order valence-electron chi connectivity index (χ2n) is 6.63. The zero-order valence-corrected chi connectivity index (χ0v) is 13.3. The normalized spacial score (nSPS) is 39.2. The summed E-state index contributed by atoms with van der Waals surface area (Å²) >= 11 is 0. The van der Waals surface area contributed by atoms with Crippen molar-refractivity contribution >= 4 is 5.91 Å². The molecule has 1 aliphatic heterocycles. The van der Waals surface area contributed by atoms with Gasteiger partial charge in [-0.1, -0.05) is 44.2 Å². The molecule has 0 unspecified atom stereocenters. The number of hydrogen-bond donors (Lipinski definition) is 2. The number of benzene rings is 1. The van der Waals surface area contributed by atoms with Crippen LogP contribution in [-0.2, 0) is 4.79 Å². The van der Waals surface area contributed by atoms with Crippen molar-refractivity contribution in [1.82, 2.24) is 5.32 Å². The van der Waals surface area contributed by atoms with Crippen LogP contribution in [0.4, 0.5) is 0 Å².